The average molecular weight is 239 g/mol. The van der Waals surface area contributed by atoms with Gasteiger partial charge in [0.05, 0.1) is 18.5 Å². The molecule has 0 aliphatic heterocycles. The Bertz CT molecular complexity index is 365. The molecular weight excluding hydrogens is 222 g/mol. The molecule has 94 valence electrons. The van der Waals surface area contributed by atoms with Gasteiger partial charge in [-0.25, -0.2) is 14.8 Å². The van der Waals surface area contributed by atoms with Crippen molar-refractivity contribution in [3.05, 3.63) is 18.1 Å². The number of hydrogen-bond donors (Lipinski definition) is 3. The zero-order valence-electron chi connectivity index (χ0n) is 9.92. The third-order valence-corrected chi connectivity index (χ3v) is 2.13. The van der Waals surface area contributed by atoms with Gasteiger partial charge in [0.2, 0.25) is 0 Å². The van der Waals surface area contributed by atoms with Crippen molar-refractivity contribution in [2.24, 2.45) is 5.92 Å². The minimum absolute atomic E-state index is 0.0988. The van der Waals surface area contributed by atoms with Gasteiger partial charge in [-0.05, 0) is 12.3 Å². The van der Waals surface area contributed by atoms with Crippen LogP contribution in [0.4, 0.5) is 5.82 Å². The van der Waals surface area contributed by atoms with Crippen LogP contribution in [0.1, 0.15) is 30.8 Å². The lowest BCUT2D eigenvalue weighted by molar-refractivity contribution is 0.0690. The molecule has 1 aromatic heterocycles. The fraction of sp³-hybridized carbons (Fsp3) is 0.545. The maximum atomic E-state index is 10.5. The summed E-state index contributed by atoms with van der Waals surface area (Å²) in [5.74, 6) is -0.228. The maximum absolute atomic E-state index is 10.5. The van der Waals surface area contributed by atoms with E-state index in [1.165, 1.54) is 12.4 Å². The zero-order chi connectivity index (χ0) is 12.8. The lowest BCUT2D eigenvalue weighted by atomic mass is 10.1. The van der Waals surface area contributed by atoms with Crippen LogP contribution in [0.25, 0.3) is 0 Å². The molecule has 3 N–H and O–H groups in total. The number of carboxylic acid groups (broad SMARTS) is 1. The van der Waals surface area contributed by atoms with Gasteiger partial charge >= 0.3 is 5.97 Å². The molecular formula is C11H17N3O3. The molecule has 17 heavy (non-hydrogen) atoms. The van der Waals surface area contributed by atoms with E-state index in [1.807, 2.05) is 13.8 Å². The predicted octanol–water partition coefficient (Wildman–Crippen LogP) is 0.994. The van der Waals surface area contributed by atoms with Crippen LogP contribution in [0.15, 0.2) is 12.4 Å². The van der Waals surface area contributed by atoms with Crippen LogP contribution in [-0.4, -0.2) is 38.8 Å². The van der Waals surface area contributed by atoms with E-state index in [-0.39, 0.29) is 5.69 Å². The molecule has 6 heteroatoms. The molecule has 0 fully saturated rings. The standard InChI is InChI=1S/C11H17N3O3/c1-7(2)3-8(15)4-13-10-6-12-9(5-14-10)11(16)17/h5-8,15H,3-4H2,1-2H3,(H,13,14)(H,16,17). The van der Waals surface area contributed by atoms with Gasteiger partial charge in [0.15, 0.2) is 5.69 Å². The molecule has 0 aliphatic carbocycles. The summed E-state index contributed by atoms with van der Waals surface area (Å²) in [4.78, 5) is 18.1. The molecule has 6 nitrogen and oxygen atoms in total. The summed E-state index contributed by atoms with van der Waals surface area (Å²) in [5.41, 5.74) is -0.0988. The first-order valence-corrected chi connectivity index (χ1v) is 5.46. The van der Waals surface area contributed by atoms with Crippen LogP contribution in [0.2, 0.25) is 0 Å². The Morgan fingerprint density at radius 1 is 1.41 bits per heavy atom. The number of carbonyl (C=O) groups is 1. The highest BCUT2D eigenvalue weighted by Crippen LogP contribution is 2.06. The second-order valence-corrected chi connectivity index (χ2v) is 4.26. The lowest BCUT2D eigenvalue weighted by Crippen LogP contribution is -2.21. The van der Waals surface area contributed by atoms with Gasteiger partial charge in [0, 0.05) is 6.54 Å². The smallest absolute Gasteiger partial charge is 0.356 e. The van der Waals surface area contributed by atoms with E-state index in [9.17, 15) is 9.90 Å². The van der Waals surface area contributed by atoms with E-state index in [2.05, 4.69) is 15.3 Å². The summed E-state index contributed by atoms with van der Waals surface area (Å²) in [7, 11) is 0. The topological polar surface area (TPSA) is 95.3 Å². The van der Waals surface area contributed by atoms with Crippen LogP contribution in [0.3, 0.4) is 0 Å². The Morgan fingerprint density at radius 2 is 2.12 bits per heavy atom. The first-order valence-electron chi connectivity index (χ1n) is 5.46. The summed E-state index contributed by atoms with van der Waals surface area (Å²) in [6.45, 7) is 4.44. The molecule has 1 atom stereocenters. The summed E-state index contributed by atoms with van der Waals surface area (Å²) >= 11 is 0. The van der Waals surface area contributed by atoms with E-state index in [0.717, 1.165) is 0 Å². The Kier molecular flexibility index (Phi) is 4.84. The number of aromatic carboxylic acids is 1. The van der Waals surface area contributed by atoms with Gasteiger partial charge < -0.3 is 15.5 Å². The molecule has 0 amide bonds. The maximum Gasteiger partial charge on any atom is 0.356 e. The second kappa shape index (κ2) is 6.15. The number of nitrogens with zero attached hydrogens (tertiary/aromatic N) is 2. The Hall–Kier alpha value is -1.69. The molecule has 0 bridgehead atoms. The Balaban J connectivity index is 2.44. The minimum atomic E-state index is -1.11. The minimum Gasteiger partial charge on any atom is -0.476 e. The Morgan fingerprint density at radius 3 is 2.59 bits per heavy atom. The largest absolute Gasteiger partial charge is 0.476 e. The third kappa shape index (κ3) is 4.78. The number of aliphatic hydroxyl groups excluding tert-OH is 1. The van der Waals surface area contributed by atoms with Gasteiger partial charge in [0.1, 0.15) is 5.82 Å². The van der Waals surface area contributed by atoms with Crippen LogP contribution in [0.5, 0.6) is 0 Å². The number of aliphatic hydroxyl groups is 1. The third-order valence-electron chi connectivity index (χ3n) is 2.13. The quantitative estimate of drug-likeness (QED) is 0.685. The molecule has 1 aromatic rings. The van der Waals surface area contributed by atoms with Crippen molar-refractivity contribution in [2.75, 3.05) is 11.9 Å². The fourth-order valence-electron chi connectivity index (χ4n) is 1.38. The first kappa shape index (κ1) is 13.4. The number of rotatable bonds is 6. The number of nitrogens with one attached hydrogen (secondary N) is 1. The van der Waals surface area contributed by atoms with Gasteiger partial charge in [-0.15, -0.1) is 0 Å². The van der Waals surface area contributed by atoms with E-state index in [0.29, 0.717) is 24.7 Å². The number of carboxylic acids is 1. The average Bonchev–Trinajstić information content (AvgIpc) is 2.26. The lowest BCUT2D eigenvalue weighted by Gasteiger charge is -2.13. The molecule has 1 rings (SSSR count). The van der Waals surface area contributed by atoms with Crippen LogP contribution >= 0.6 is 0 Å². The van der Waals surface area contributed by atoms with Crippen LogP contribution in [-0.2, 0) is 0 Å². The van der Waals surface area contributed by atoms with E-state index >= 15 is 0 Å². The Labute approximate surface area is 99.7 Å². The summed E-state index contributed by atoms with van der Waals surface area (Å²) in [6.07, 6.45) is 2.77. The summed E-state index contributed by atoms with van der Waals surface area (Å²) < 4.78 is 0. The highest BCUT2D eigenvalue weighted by atomic mass is 16.4. The zero-order valence-corrected chi connectivity index (χ0v) is 9.92. The predicted molar refractivity (Wildman–Crippen MR) is 62.9 cm³/mol. The van der Waals surface area contributed by atoms with E-state index < -0.39 is 12.1 Å². The molecule has 1 heterocycles. The van der Waals surface area contributed by atoms with Crippen molar-refractivity contribution in [3.8, 4) is 0 Å². The van der Waals surface area contributed by atoms with Crippen molar-refractivity contribution >= 4 is 11.8 Å². The second-order valence-electron chi connectivity index (χ2n) is 4.26. The van der Waals surface area contributed by atoms with Crippen molar-refractivity contribution < 1.29 is 15.0 Å². The van der Waals surface area contributed by atoms with Crippen LogP contribution in [0, 0.1) is 5.92 Å². The number of hydrogen-bond acceptors (Lipinski definition) is 5. The van der Waals surface area contributed by atoms with Gasteiger partial charge in [-0.3, -0.25) is 0 Å². The monoisotopic (exact) mass is 239 g/mol. The van der Waals surface area contributed by atoms with Crippen molar-refractivity contribution in [3.63, 3.8) is 0 Å². The molecule has 0 radical (unpaired) electrons. The SMILES string of the molecule is CC(C)CC(O)CNc1cnc(C(=O)O)cn1. The van der Waals surface area contributed by atoms with Crippen molar-refractivity contribution in [2.45, 2.75) is 26.4 Å². The van der Waals surface area contributed by atoms with Crippen molar-refractivity contribution in [1.29, 1.82) is 0 Å². The highest BCUT2D eigenvalue weighted by molar-refractivity contribution is 5.84. The number of anilines is 1. The van der Waals surface area contributed by atoms with E-state index in [4.69, 9.17) is 5.11 Å². The molecule has 0 saturated carbocycles. The fourth-order valence-corrected chi connectivity index (χ4v) is 1.38. The number of aromatic nitrogens is 2. The molecule has 0 aliphatic rings. The summed E-state index contributed by atoms with van der Waals surface area (Å²) in [6, 6.07) is 0. The highest BCUT2D eigenvalue weighted by Gasteiger charge is 2.08. The molecule has 0 saturated heterocycles. The molecule has 1 unspecified atom stereocenters. The first-order chi connectivity index (χ1) is 7.99. The normalized spacial score (nSPS) is 12.5. The van der Waals surface area contributed by atoms with Crippen molar-refractivity contribution in [1.82, 2.24) is 9.97 Å². The van der Waals surface area contributed by atoms with Gasteiger partial charge in [0.25, 0.3) is 0 Å². The molecule has 0 spiro atoms. The van der Waals surface area contributed by atoms with E-state index in [1.54, 1.807) is 0 Å². The molecule has 0 aromatic carbocycles. The van der Waals surface area contributed by atoms with Crippen LogP contribution < -0.4 is 5.32 Å². The van der Waals surface area contributed by atoms with Gasteiger partial charge in [-0.1, -0.05) is 13.8 Å². The van der Waals surface area contributed by atoms with Gasteiger partial charge in [-0.2, -0.15) is 0 Å². The summed E-state index contributed by atoms with van der Waals surface area (Å²) in [5, 5.41) is 21.1.